The molecule has 0 fully saturated rings. The van der Waals surface area contributed by atoms with Crippen LogP contribution in [0.1, 0.15) is 38.0 Å². The highest BCUT2D eigenvalue weighted by atomic mass is 32.2. The van der Waals surface area contributed by atoms with E-state index in [0.29, 0.717) is 0 Å². The minimum atomic E-state index is -0.412. The van der Waals surface area contributed by atoms with Crippen molar-refractivity contribution in [1.82, 2.24) is 0 Å². The SMILES string of the molecule is COc1ccc(C(O)CSC(C)(C)C)c(C)c1. The first-order chi connectivity index (χ1) is 7.83. The van der Waals surface area contributed by atoms with Gasteiger partial charge in [0.1, 0.15) is 5.75 Å². The van der Waals surface area contributed by atoms with E-state index in [2.05, 4.69) is 20.8 Å². The molecule has 0 aromatic heterocycles. The van der Waals surface area contributed by atoms with Crippen LogP contribution in [0, 0.1) is 6.92 Å². The Morgan fingerprint density at radius 1 is 1.35 bits per heavy atom. The van der Waals surface area contributed by atoms with E-state index >= 15 is 0 Å². The maximum atomic E-state index is 10.2. The van der Waals surface area contributed by atoms with Crippen LogP contribution in [0.5, 0.6) is 5.75 Å². The number of methoxy groups -OCH3 is 1. The Labute approximate surface area is 108 Å². The Balaban J connectivity index is 2.72. The molecule has 1 N–H and O–H groups in total. The number of aliphatic hydroxyl groups is 1. The summed E-state index contributed by atoms with van der Waals surface area (Å²) in [5, 5.41) is 10.2. The number of aryl methyl sites for hydroxylation is 1. The topological polar surface area (TPSA) is 29.5 Å². The van der Waals surface area contributed by atoms with Gasteiger partial charge in [-0.1, -0.05) is 26.8 Å². The highest BCUT2D eigenvalue weighted by Gasteiger charge is 2.16. The average Bonchev–Trinajstić information content (AvgIpc) is 2.24. The van der Waals surface area contributed by atoms with Gasteiger partial charge in [0.2, 0.25) is 0 Å². The second kappa shape index (κ2) is 5.78. The monoisotopic (exact) mass is 254 g/mol. The minimum Gasteiger partial charge on any atom is -0.497 e. The van der Waals surface area contributed by atoms with Crippen molar-refractivity contribution in [2.45, 2.75) is 38.5 Å². The molecule has 0 radical (unpaired) electrons. The lowest BCUT2D eigenvalue weighted by atomic mass is 10.0. The van der Waals surface area contributed by atoms with Gasteiger partial charge < -0.3 is 9.84 Å². The van der Waals surface area contributed by atoms with E-state index < -0.39 is 6.10 Å². The molecule has 17 heavy (non-hydrogen) atoms. The minimum absolute atomic E-state index is 0.182. The molecular weight excluding hydrogens is 232 g/mol. The van der Waals surface area contributed by atoms with Gasteiger partial charge in [-0.3, -0.25) is 0 Å². The largest absolute Gasteiger partial charge is 0.497 e. The van der Waals surface area contributed by atoms with Gasteiger partial charge in [-0.15, -0.1) is 0 Å². The van der Waals surface area contributed by atoms with Crippen LogP contribution < -0.4 is 4.74 Å². The van der Waals surface area contributed by atoms with Gasteiger partial charge in [0.05, 0.1) is 13.2 Å². The number of thioether (sulfide) groups is 1. The number of benzene rings is 1. The van der Waals surface area contributed by atoms with Gasteiger partial charge in [0, 0.05) is 10.5 Å². The summed E-state index contributed by atoms with van der Waals surface area (Å²) in [6.07, 6.45) is -0.412. The molecule has 0 amide bonds. The molecule has 1 atom stereocenters. The van der Waals surface area contributed by atoms with E-state index in [1.807, 2.05) is 25.1 Å². The Bertz CT molecular complexity index is 369. The maximum absolute atomic E-state index is 10.2. The van der Waals surface area contributed by atoms with Crippen LogP contribution >= 0.6 is 11.8 Å². The third-order valence-corrected chi connectivity index (χ3v) is 3.86. The highest BCUT2D eigenvalue weighted by Crippen LogP contribution is 2.30. The zero-order chi connectivity index (χ0) is 13.1. The quantitative estimate of drug-likeness (QED) is 0.890. The van der Waals surface area contributed by atoms with E-state index in [1.165, 1.54) is 0 Å². The molecule has 1 rings (SSSR count). The fourth-order valence-electron chi connectivity index (χ4n) is 1.57. The Kier molecular flexibility index (Phi) is 4.90. The molecular formula is C14H22O2S. The van der Waals surface area contributed by atoms with Crippen LogP contribution in [0.25, 0.3) is 0 Å². The second-order valence-electron chi connectivity index (χ2n) is 5.16. The molecule has 3 heteroatoms. The fraction of sp³-hybridized carbons (Fsp3) is 0.571. The van der Waals surface area contributed by atoms with Crippen molar-refractivity contribution in [1.29, 1.82) is 0 Å². The van der Waals surface area contributed by atoms with Crippen LogP contribution in [0.3, 0.4) is 0 Å². The van der Waals surface area contributed by atoms with Crippen molar-refractivity contribution in [3.05, 3.63) is 29.3 Å². The summed E-state index contributed by atoms with van der Waals surface area (Å²) >= 11 is 1.77. The van der Waals surface area contributed by atoms with Crippen LogP contribution in [0.4, 0.5) is 0 Å². The molecule has 1 unspecified atom stereocenters. The first-order valence-corrected chi connectivity index (χ1v) is 6.78. The van der Waals surface area contributed by atoms with E-state index in [9.17, 15) is 5.11 Å². The smallest absolute Gasteiger partial charge is 0.119 e. The molecule has 0 aliphatic carbocycles. The van der Waals surface area contributed by atoms with Gasteiger partial charge >= 0.3 is 0 Å². The maximum Gasteiger partial charge on any atom is 0.119 e. The standard InChI is InChI=1S/C14H22O2S/c1-10-8-11(16-5)6-7-12(10)13(15)9-17-14(2,3)4/h6-8,13,15H,9H2,1-5H3. The van der Waals surface area contributed by atoms with Crippen molar-refractivity contribution in [2.24, 2.45) is 0 Å². The van der Waals surface area contributed by atoms with E-state index in [0.717, 1.165) is 22.6 Å². The molecule has 1 aromatic carbocycles. The molecule has 0 aliphatic rings. The summed E-state index contributed by atoms with van der Waals surface area (Å²) in [4.78, 5) is 0. The van der Waals surface area contributed by atoms with Gasteiger partial charge in [-0.05, 0) is 30.2 Å². The molecule has 0 bridgehead atoms. The Hall–Kier alpha value is -0.670. The van der Waals surface area contributed by atoms with Crippen molar-refractivity contribution < 1.29 is 9.84 Å². The predicted molar refractivity (Wildman–Crippen MR) is 74.9 cm³/mol. The Morgan fingerprint density at radius 2 is 2.00 bits per heavy atom. The predicted octanol–water partition coefficient (Wildman–Crippen LogP) is 3.57. The Morgan fingerprint density at radius 3 is 2.47 bits per heavy atom. The molecule has 0 heterocycles. The zero-order valence-corrected chi connectivity index (χ0v) is 12.1. The fourth-order valence-corrected chi connectivity index (χ4v) is 2.41. The summed E-state index contributed by atoms with van der Waals surface area (Å²) in [6, 6.07) is 5.80. The number of rotatable bonds is 4. The molecule has 96 valence electrons. The molecule has 0 aliphatic heterocycles. The van der Waals surface area contributed by atoms with Crippen LogP contribution in [0.2, 0.25) is 0 Å². The van der Waals surface area contributed by atoms with Crippen molar-refractivity contribution >= 4 is 11.8 Å². The van der Waals surface area contributed by atoms with Gasteiger partial charge in [-0.2, -0.15) is 11.8 Å². The summed E-state index contributed by atoms with van der Waals surface area (Å²) in [5.41, 5.74) is 2.06. The van der Waals surface area contributed by atoms with Crippen molar-refractivity contribution in [3.8, 4) is 5.75 Å². The molecule has 1 aromatic rings. The summed E-state index contributed by atoms with van der Waals surface area (Å²) < 4.78 is 5.34. The zero-order valence-electron chi connectivity index (χ0n) is 11.3. The van der Waals surface area contributed by atoms with E-state index in [1.54, 1.807) is 18.9 Å². The second-order valence-corrected chi connectivity index (χ2v) is 7.01. The van der Waals surface area contributed by atoms with Crippen molar-refractivity contribution in [3.63, 3.8) is 0 Å². The van der Waals surface area contributed by atoms with Gasteiger partial charge in [-0.25, -0.2) is 0 Å². The lowest BCUT2D eigenvalue weighted by Gasteiger charge is -2.21. The third kappa shape index (κ3) is 4.60. The normalized spacial score (nSPS) is 13.5. The van der Waals surface area contributed by atoms with Crippen molar-refractivity contribution in [2.75, 3.05) is 12.9 Å². The van der Waals surface area contributed by atoms with Crippen LogP contribution in [0.15, 0.2) is 18.2 Å². The number of ether oxygens (including phenoxy) is 1. The third-order valence-electron chi connectivity index (χ3n) is 2.51. The molecule has 0 spiro atoms. The number of hydrogen-bond acceptors (Lipinski definition) is 3. The van der Waals surface area contributed by atoms with Crippen LogP contribution in [-0.2, 0) is 0 Å². The lowest BCUT2D eigenvalue weighted by Crippen LogP contribution is -2.12. The van der Waals surface area contributed by atoms with E-state index in [-0.39, 0.29) is 4.75 Å². The van der Waals surface area contributed by atoms with E-state index in [4.69, 9.17) is 4.74 Å². The number of hydrogen-bond donors (Lipinski definition) is 1. The van der Waals surface area contributed by atoms with Gasteiger partial charge in [0.25, 0.3) is 0 Å². The lowest BCUT2D eigenvalue weighted by molar-refractivity contribution is 0.203. The summed E-state index contributed by atoms with van der Waals surface area (Å²) in [6.45, 7) is 8.48. The molecule has 0 saturated heterocycles. The van der Waals surface area contributed by atoms with Gasteiger partial charge in [0.15, 0.2) is 0 Å². The summed E-state index contributed by atoms with van der Waals surface area (Å²) in [5.74, 6) is 1.55. The molecule has 2 nitrogen and oxygen atoms in total. The first-order valence-electron chi connectivity index (χ1n) is 5.80. The average molecular weight is 254 g/mol. The van der Waals surface area contributed by atoms with Crippen LogP contribution in [-0.4, -0.2) is 22.7 Å². The molecule has 0 saturated carbocycles. The first kappa shape index (κ1) is 14.4. The summed E-state index contributed by atoms with van der Waals surface area (Å²) in [7, 11) is 1.65. The highest BCUT2D eigenvalue weighted by molar-refractivity contribution is 8.00. The number of aliphatic hydroxyl groups excluding tert-OH is 1.